The number of nitrogens with one attached hydrogen (secondary N) is 3. The second kappa shape index (κ2) is 11.6. The van der Waals surface area contributed by atoms with Crippen LogP contribution in [0.3, 0.4) is 0 Å². The Kier molecular flexibility index (Phi) is 8.30. The lowest BCUT2D eigenvalue weighted by Crippen LogP contribution is -2.52. The predicted molar refractivity (Wildman–Crippen MR) is 139 cm³/mol. The third kappa shape index (κ3) is 6.46. The van der Waals surface area contributed by atoms with Gasteiger partial charge in [0.2, 0.25) is 15.9 Å². The highest BCUT2D eigenvalue weighted by Gasteiger charge is 2.30. The summed E-state index contributed by atoms with van der Waals surface area (Å²) < 4.78 is 28.6. The third-order valence-corrected chi connectivity index (χ3v) is 8.00. The molecule has 3 aromatic rings. The van der Waals surface area contributed by atoms with Gasteiger partial charge in [0.25, 0.3) is 0 Å². The summed E-state index contributed by atoms with van der Waals surface area (Å²) in [6.07, 6.45) is 0.381. The van der Waals surface area contributed by atoms with Crippen LogP contribution < -0.4 is 15.4 Å². The van der Waals surface area contributed by atoms with Crippen LogP contribution in [0.25, 0.3) is 0 Å². The highest BCUT2D eigenvalue weighted by atomic mass is 32.2. The minimum absolute atomic E-state index is 0.00996. The van der Waals surface area contributed by atoms with E-state index in [1.807, 2.05) is 36.4 Å². The summed E-state index contributed by atoms with van der Waals surface area (Å²) in [5.74, 6) is -0.674. The Balaban J connectivity index is 1.40. The molecular weight excluding hydrogens is 474 g/mol. The summed E-state index contributed by atoms with van der Waals surface area (Å²) >= 11 is 0. The highest BCUT2D eigenvalue weighted by molar-refractivity contribution is 7.89. The minimum atomic E-state index is -3.84. The van der Waals surface area contributed by atoms with Gasteiger partial charge in [-0.25, -0.2) is 13.1 Å². The lowest BCUT2D eigenvalue weighted by Gasteiger charge is -2.30. The van der Waals surface area contributed by atoms with Crippen molar-refractivity contribution in [2.24, 2.45) is 5.92 Å². The van der Waals surface area contributed by atoms with Gasteiger partial charge in [0.05, 0.1) is 10.8 Å². The molecule has 1 saturated heterocycles. The number of carbonyl (C=O) groups excluding carboxylic acids is 2. The Morgan fingerprint density at radius 1 is 0.917 bits per heavy atom. The number of piperidine rings is 1. The quantitative estimate of drug-likeness (QED) is 0.388. The summed E-state index contributed by atoms with van der Waals surface area (Å²) in [5, 5.41) is 6.27. The Hall–Kier alpha value is -3.33. The average Bonchev–Trinajstić information content (AvgIpc) is 2.90. The van der Waals surface area contributed by atoms with Crippen LogP contribution in [0.2, 0.25) is 0 Å². The smallest absolute Gasteiger partial charge is 0.240 e. The molecule has 1 amide bonds. The van der Waals surface area contributed by atoms with E-state index in [1.54, 1.807) is 12.1 Å². The summed E-state index contributed by atoms with van der Waals surface area (Å²) in [4.78, 5) is 24.8. The maximum atomic E-state index is 13.1. The fraction of sp³-hybridized carbons (Fsp3) is 0.286. The molecule has 0 saturated carbocycles. The van der Waals surface area contributed by atoms with Gasteiger partial charge in [0.1, 0.15) is 0 Å². The molecule has 0 unspecified atom stereocenters. The van der Waals surface area contributed by atoms with Crippen molar-refractivity contribution < 1.29 is 18.0 Å². The van der Waals surface area contributed by atoms with Crippen LogP contribution >= 0.6 is 0 Å². The zero-order valence-electron chi connectivity index (χ0n) is 20.2. The maximum Gasteiger partial charge on any atom is 0.240 e. The zero-order chi connectivity index (χ0) is 25.5. The molecule has 0 aromatic heterocycles. The molecule has 4 rings (SSSR count). The average molecular weight is 506 g/mol. The zero-order valence-corrected chi connectivity index (χ0v) is 21.0. The molecule has 3 aromatic carbocycles. The van der Waals surface area contributed by atoms with Crippen molar-refractivity contribution in [2.45, 2.75) is 30.2 Å². The predicted octanol–water partition coefficient (Wildman–Crippen LogP) is 3.09. The maximum absolute atomic E-state index is 13.1. The van der Waals surface area contributed by atoms with Crippen LogP contribution in [0, 0.1) is 5.92 Å². The lowest BCUT2D eigenvalue weighted by molar-refractivity contribution is -0.125. The monoisotopic (exact) mass is 505 g/mol. The van der Waals surface area contributed by atoms with E-state index in [4.69, 9.17) is 0 Å². The first kappa shape index (κ1) is 25.8. The molecule has 0 aliphatic carbocycles. The largest absolute Gasteiger partial charge is 0.355 e. The fourth-order valence-corrected chi connectivity index (χ4v) is 5.84. The molecule has 2 atom stereocenters. The van der Waals surface area contributed by atoms with Gasteiger partial charge < -0.3 is 10.6 Å². The summed E-state index contributed by atoms with van der Waals surface area (Å²) in [5.41, 5.74) is 2.57. The lowest BCUT2D eigenvalue weighted by atomic mass is 9.90. The number of carbonyl (C=O) groups is 2. The van der Waals surface area contributed by atoms with Gasteiger partial charge in [-0.05, 0) is 36.6 Å². The topological polar surface area (TPSA) is 104 Å². The van der Waals surface area contributed by atoms with Crippen LogP contribution in [0.5, 0.6) is 0 Å². The van der Waals surface area contributed by atoms with Crippen molar-refractivity contribution >= 4 is 21.7 Å². The molecule has 1 fully saturated rings. The molecule has 0 radical (unpaired) electrons. The normalized spacial score (nSPS) is 18.1. The van der Waals surface area contributed by atoms with Gasteiger partial charge in [-0.3, -0.25) is 9.59 Å². The van der Waals surface area contributed by atoms with Gasteiger partial charge in [-0.1, -0.05) is 72.8 Å². The van der Waals surface area contributed by atoms with Crippen LogP contribution in [0.1, 0.15) is 40.7 Å². The van der Waals surface area contributed by atoms with Crippen LogP contribution in [0.15, 0.2) is 89.8 Å². The Labute approximate surface area is 212 Å². The fourth-order valence-electron chi connectivity index (χ4n) is 4.55. The number of rotatable bonds is 9. The molecule has 0 bridgehead atoms. The van der Waals surface area contributed by atoms with E-state index in [9.17, 15) is 18.0 Å². The van der Waals surface area contributed by atoms with Gasteiger partial charge in [0, 0.05) is 37.2 Å². The summed E-state index contributed by atoms with van der Waals surface area (Å²) in [7, 11) is -3.84. The second-order valence-corrected chi connectivity index (χ2v) is 10.8. The van der Waals surface area contributed by atoms with E-state index in [0.29, 0.717) is 31.6 Å². The number of benzene rings is 3. The van der Waals surface area contributed by atoms with Crippen molar-refractivity contribution in [3.05, 3.63) is 102 Å². The standard InChI is InChI=1S/C28H31N3O4S/c1-20(32)23-13-8-14-26(16-23)36(34,35)31-25-15-24(17-29-18-25)28(33)30-19-27(21-9-4-2-5-10-21)22-11-6-3-7-12-22/h2-14,16,24-25,27,29,31H,15,17-19H2,1H3,(H,30,33)/t24-,25-/m0/s1. The summed E-state index contributed by atoms with van der Waals surface area (Å²) in [6, 6.07) is 25.6. The van der Waals surface area contributed by atoms with E-state index in [-0.39, 0.29) is 28.4 Å². The number of sulfonamides is 1. The van der Waals surface area contributed by atoms with E-state index in [0.717, 1.165) is 11.1 Å². The first-order chi connectivity index (χ1) is 17.3. The van der Waals surface area contributed by atoms with E-state index in [1.165, 1.54) is 19.1 Å². The molecule has 36 heavy (non-hydrogen) atoms. The van der Waals surface area contributed by atoms with Crippen molar-refractivity contribution in [2.75, 3.05) is 19.6 Å². The van der Waals surface area contributed by atoms with Crippen molar-refractivity contribution in [3.8, 4) is 0 Å². The number of hydrogen-bond donors (Lipinski definition) is 3. The Morgan fingerprint density at radius 2 is 1.56 bits per heavy atom. The molecular formula is C28H31N3O4S. The van der Waals surface area contributed by atoms with Crippen LogP contribution in [0.4, 0.5) is 0 Å². The summed E-state index contributed by atoms with van der Waals surface area (Å²) in [6.45, 7) is 2.74. The SMILES string of the molecule is CC(=O)c1cccc(S(=O)(=O)N[C@@H]2CNC[C@@H](C(=O)NCC(c3ccccc3)c3ccccc3)C2)c1. The van der Waals surface area contributed by atoms with Gasteiger partial charge in [-0.2, -0.15) is 0 Å². The molecule has 7 nitrogen and oxygen atoms in total. The molecule has 3 N–H and O–H groups in total. The molecule has 1 heterocycles. The van der Waals surface area contributed by atoms with Crippen molar-refractivity contribution in [1.29, 1.82) is 0 Å². The van der Waals surface area contributed by atoms with Crippen LogP contribution in [-0.4, -0.2) is 45.8 Å². The number of Topliss-reactive ketones (excluding diaryl/α,β-unsaturated/α-hetero) is 1. The highest BCUT2D eigenvalue weighted by Crippen LogP contribution is 2.24. The first-order valence-corrected chi connectivity index (χ1v) is 13.5. The molecule has 188 valence electrons. The minimum Gasteiger partial charge on any atom is -0.355 e. The first-order valence-electron chi connectivity index (χ1n) is 12.0. The van der Waals surface area contributed by atoms with Gasteiger partial charge in [-0.15, -0.1) is 0 Å². The van der Waals surface area contributed by atoms with E-state index < -0.39 is 16.1 Å². The third-order valence-electron chi connectivity index (χ3n) is 6.48. The molecule has 8 heteroatoms. The molecule has 1 aliphatic rings. The van der Waals surface area contributed by atoms with Gasteiger partial charge >= 0.3 is 0 Å². The van der Waals surface area contributed by atoms with Crippen molar-refractivity contribution in [1.82, 2.24) is 15.4 Å². The van der Waals surface area contributed by atoms with Crippen LogP contribution in [-0.2, 0) is 14.8 Å². The molecule has 0 spiro atoms. The molecule has 1 aliphatic heterocycles. The van der Waals surface area contributed by atoms with E-state index in [2.05, 4.69) is 39.6 Å². The Morgan fingerprint density at radius 3 is 2.17 bits per heavy atom. The Bertz CT molecular complexity index is 1260. The number of ketones is 1. The van der Waals surface area contributed by atoms with Gasteiger partial charge in [0.15, 0.2) is 5.78 Å². The van der Waals surface area contributed by atoms with Crippen molar-refractivity contribution in [3.63, 3.8) is 0 Å². The number of hydrogen-bond acceptors (Lipinski definition) is 5. The second-order valence-electron chi connectivity index (χ2n) is 9.11. The number of amides is 1. The van der Waals surface area contributed by atoms with E-state index >= 15 is 0 Å².